The number of hydrogen-bond acceptors (Lipinski definition) is 7. The summed E-state index contributed by atoms with van der Waals surface area (Å²) in [5, 5.41) is 2.95. The molecule has 18 heavy (non-hydrogen) atoms. The molecule has 3 N–H and O–H groups in total. The molecule has 0 unspecified atom stereocenters. The van der Waals surface area contributed by atoms with Crippen LogP contribution in [0.5, 0.6) is 0 Å². The zero-order chi connectivity index (χ0) is 13.4. The smallest absolute Gasteiger partial charge is 0.223 e. The molecule has 0 fully saturated rings. The predicted molar refractivity (Wildman–Crippen MR) is 72.0 cm³/mol. The van der Waals surface area contributed by atoms with Gasteiger partial charge in [-0.25, -0.2) is 0 Å². The van der Waals surface area contributed by atoms with Crippen molar-refractivity contribution in [2.45, 2.75) is 0 Å². The number of hydrogen-bond donors (Lipinski definition) is 2. The molecule has 0 spiro atoms. The van der Waals surface area contributed by atoms with Crippen LogP contribution in [-0.4, -0.2) is 57.5 Å². The summed E-state index contributed by atoms with van der Waals surface area (Å²) in [5.41, 5.74) is 5.68. The Hall–Kier alpha value is -1.60. The van der Waals surface area contributed by atoms with Gasteiger partial charge in [0, 0.05) is 40.4 Å². The Labute approximate surface area is 107 Å². The summed E-state index contributed by atoms with van der Waals surface area (Å²) >= 11 is 0. The quantitative estimate of drug-likeness (QED) is 0.686. The maximum atomic E-state index is 5.68. The molecule has 7 nitrogen and oxygen atoms in total. The van der Waals surface area contributed by atoms with Crippen LogP contribution < -0.4 is 16.0 Å². The molecule has 0 aliphatic heterocycles. The van der Waals surface area contributed by atoms with Crippen molar-refractivity contribution in [3.63, 3.8) is 0 Å². The van der Waals surface area contributed by atoms with E-state index < -0.39 is 0 Å². The van der Waals surface area contributed by atoms with E-state index in [0.29, 0.717) is 19.0 Å². The Morgan fingerprint density at radius 2 is 1.83 bits per heavy atom. The third-order valence-electron chi connectivity index (χ3n) is 2.44. The number of nitrogens with two attached hydrogens (primary N) is 1. The summed E-state index contributed by atoms with van der Waals surface area (Å²) in [6.07, 6.45) is 0. The molecule has 1 heterocycles. The van der Waals surface area contributed by atoms with Gasteiger partial charge >= 0.3 is 0 Å². The van der Waals surface area contributed by atoms with Crippen molar-refractivity contribution >= 4 is 17.6 Å². The molecule has 102 valence electrons. The third-order valence-corrected chi connectivity index (χ3v) is 2.44. The fourth-order valence-corrected chi connectivity index (χ4v) is 1.49. The van der Waals surface area contributed by atoms with Crippen LogP contribution in [0.25, 0.3) is 0 Å². The largest absolute Gasteiger partial charge is 0.383 e. The lowest BCUT2D eigenvalue weighted by Crippen LogP contribution is -2.31. The molecule has 0 aliphatic carbocycles. The monoisotopic (exact) mass is 255 g/mol. The minimum Gasteiger partial charge on any atom is -0.383 e. The number of methoxy groups -OCH3 is 2. The molecule has 1 aromatic rings. The molecule has 0 saturated carbocycles. The summed E-state index contributed by atoms with van der Waals surface area (Å²) in [7, 11) is 5.13. The van der Waals surface area contributed by atoms with Gasteiger partial charge in [0.25, 0.3) is 0 Å². The summed E-state index contributed by atoms with van der Waals surface area (Å²) in [6, 6.07) is 1.85. The van der Waals surface area contributed by atoms with Gasteiger partial charge in [-0.2, -0.15) is 9.97 Å². The van der Waals surface area contributed by atoms with Crippen molar-refractivity contribution in [1.29, 1.82) is 0 Å². The first-order valence-electron chi connectivity index (χ1n) is 5.76. The molecule has 1 rings (SSSR count). The van der Waals surface area contributed by atoms with Gasteiger partial charge in [-0.3, -0.25) is 0 Å². The minimum atomic E-state index is 0.247. The molecule has 1 aromatic heterocycles. The Bertz CT molecular complexity index is 353. The van der Waals surface area contributed by atoms with Crippen LogP contribution in [0, 0.1) is 0 Å². The van der Waals surface area contributed by atoms with Gasteiger partial charge in [0.15, 0.2) is 0 Å². The number of rotatable bonds is 8. The number of nitrogens with one attached hydrogen (secondary N) is 1. The van der Waals surface area contributed by atoms with E-state index in [0.717, 1.165) is 18.9 Å². The number of nitrogens with zero attached hydrogens (tertiary/aromatic N) is 3. The molecule has 0 aromatic carbocycles. The first-order chi connectivity index (χ1) is 8.71. The average molecular weight is 255 g/mol. The van der Waals surface area contributed by atoms with Crippen molar-refractivity contribution in [1.82, 2.24) is 9.97 Å². The van der Waals surface area contributed by atoms with Crippen LogP contribution >= 0.6 is 0 Å². The normalized spacial score (nSPS) is 10.4. The Morgan fingerprint density at radius 3 is 2.33 bits per heavy atom. The number of nitrogen functional groups attached to an aromatic ring is 1. The highest BCUT2D eigenvalue weighted by molar-refractivity contribution is 5.52. The lowest BCUT2D eigenvalue weighted by molar-refractivity contribution is 0.190. The summed E-state index contributed by atoms with van der Waals surface area (Å²) in [4.78, 5) is 10.3. The van der Waals surface area contributed by atoms with Gasteiger partial charge in [0.2, 0.25) is 5.95 Å². The SMILES string of the molecule is CNc1cc(N(CCOC)CCOC)nc(N)n1. The highest BCUT2D eigenvalue weighted by Gasteiger charge is 2.10. The van der Waals surface area contributed by atoms with Crippen LogP contribution in [0.1, 0.15) is 0 Å². The van der Waals surface area contributed by atoms with Crippen molar-refractivity contribution in [2.75, 3.05) is 63.5 Å². The van der Waals surface area contributed by atoms with Crippen molar-refractivity contribution < 1.29 is 9.47 Å². The zero-order valence-corrected chi connectivity index (χ0v) is 11.1. The second-order valence-corrected chi connectivity index (χ2v) is 3.69. The molecule has 0 atom stereocenters. The van der Waals surface area contributed by atoms with Gasteiger partial charge < -0.3 is 25.4 Å². The molecular formula is C11H21N5O2. The van der Waals surface area contributed by atoms with Crippen LogP contribution in [0.2, 0.25) is 0 Å². The molecular weight excluding hydrogens is 234 g/mol. The molecule has 0 bridgehead atoms. The summed E-state index contributed by atoms with van der Waals surface area (Å²) in [6.45, 7) is 2.67. The number of anilines is 3. The van der Waals surface area contributed by atoms with Crippen LogP contribution in [0.3, 0.4) is 0 Å². The van der Waals surface area contributed by atoms with Gasteiger partial charge in [0.05, 0.1) is 13.2 Å². The lowest BCUT2D eigenvalue weighted by atomic mass is 10.4. The Kier molecular flexibility index (Phi) is 6.16. The Balaban J connectivity index is 2.84. The molecule has 7 heteroatoms. The van der Waals surface area contributed by atoms with Crippen molar-refractivity contribution in [3.8, 4) is 0 Å². The molecule has 0 amide bonds. The van der Waals surface area contributed by atoms with Gasteiger partial charge in [-0.05, 0) is 0 Å². The number of ether oxygens (including phenoxy) is 2. The van der Waals surface area contributed by atoms with E-state index in [1.54, 1.807) is 21.3 Å². The standard InChI is InChI=1S/C11H21N5O2/c1-13-9-8-10(15-11(12)14-9)16(4-6-17-2)5-7-18-3/h8H,4-7H2,1-3H3,(H3,12,13,14,15). The highest BCUT2D eigenvalue weighted by Crippen LogP contribution is 2.16. The number of aromatic nitrogens is 2. The van der Waals surface area contributed by atoms with E-state index in [4.69, 9.17) is 15.2 Å². The zero-order valence-electron chi connectivity index (χ0n) is 11.1. The lowest BCUT2D eigenvalue weighted by Gasteiger charge is -2.23. The summed E-state index contributed by atoms with van der Waals surface area (Å²) in [5.74, 6) is 1.70. The predicted octanol–water partition coefficient (Wildman–Crippen LogP) is 0.200. The molecule has 0 aliphatic rings. The van der Waals surface area contributed by atoms with E-state index in [1.165, 1.54) is 0 Å². The van der Waals surface area contributed by atoms with E-state index in [2.05, 4.69) is 15.3 Å². The van der Waals surface area contributed by atoms with Gasteiger partial charge in [-0.1, -0.05) is 0 Å². The van der Waals surface area contributed by atoms with Crippen molar-refractivity contribution in [2.24, 2.45) is 0 Å². The van der Waals surface area contributed by atoms with Crippen molar-refractivity contribution in [3.05, 3.63) is 6.07 Å². The third kappa shape index (κ3) is 4.34. The van der Waals surface area contributed by atoms with Crippen LogP contribution in [0.4, 0.5) is 17.6 Å². The first kappa shape index (κ1) is 14.5. The minimum absolute atomic E-state index is 0.247. The second kappa shape index (κ2) is 7.67. The highest BCUT2D eigenvalue weighted by atomic mass is 16.5. The van der Waals surface area contributed by atoms with Gasteiger partial charge in [-0.15, -0.1) is 0 Å². The van der Waals surface area contributed by atoms with Gasteiger partial charge in [0.1, 0.15) is 11.6 Å². The summed E-state index contributed by atoms with van der Waals surface area (Å²) < 4.78 is 10.2. The fourth-order valence-electron chi connectivity index (χ4n) is 1.49. The second-order valence-electron chi connectivity index (χ2n) is 3.69. The molecule has 0 saturated heterocycles. The van der Waals surface area contributed by atoms with Crippen LogP contribution in [-0.2, 0) is 9.47 Å². The fraction of sp³-hybridized carbons (Fsp3) is 0.636. The van der Waals surface area contributed by atoms with E-state index in [1.807, 2.05) is 11.0 Å². The van der Waals surface area contributed by atoms with E-state index >= 15 is 0 Å². The van der Waals surface area contributed by atoms with Crippen LogP contribution in [0.15, 0.2) is 6.07 Å². The van der Waals surface area contributed by atoms with E-state index in [-0.39, 0.29) is 5.95 Å². The van der Waals surface area contributed by atoms with E-state index in [9.17, 15) is 0 Å². The Morgan fingerprint density at radius 1 is 1.22 bits per heavy atom. The average Bonchev–Trinajstić information content (AvgIpc) is 2.38. The maximum Gasteiger partial charge on any atom is 0.223 e. The topological polar surface area (TPSA) is 85.5 Å². The first-order valence-corrected chi connectivity index (χ1v) is 5.76. The molecule has 0 radical (unpaired) electrons. The maximum absolute atomic E-state index is 5.68.